The fourth-order valence-corrected chi connectivity index (χ4v) is 2.01. The molecule has 1 aromatic heterocycles. The summed E-state index contributed by atoms with van der Waals surface area (Å²) in [5, 5.41) is 13.9. The Balaban J connectivity index is 1.52. The van der Waals surface area contributed by atoms with E-state index in [4.69, 9.17) is 0 Å². The van der Waals surface area contributed by atoms with Crippen LogP contribution in [-0.4, -0.2) is 29.2 Å². The molecule has 0 aliphatic heterocycles. The second-order valence-corrected chi connectivity index (χ2v) is 5.41. The van der Waals surface area contributed by atoms with Gasteiger partial charge in [0, 0.05) is 12.1 Å². The van der Waals surface area contributed by atoms with E-state index in [-0.39, 0.29) is 18.3 Å². The van der Waals surface area contributed by atoms with Gasteiger partial charge in [0.15, 0.2) is 0 Å². The maximum Gasteiger partial charge on any atom is 0.239 e. The number of rotatable bonds is 6. The van der Waals surface area contributed by atoms with Crippen molar-refractivity contribution in [1.29, 1.82) is 0 Å². The molecule has 2 N–H and O–H groups in total. The number of amides is 1. The fraction of sp³-hybridized carbons (Fsp3) is 0.312. The lowest BCUT2D eigenvalue weighted by atomic mass is 10.1. The number of hydrogen-bond acceptors (Lipinski definition) is 4. The van der Waals surface area contributed by atoms with Crippen LogP contribution < -0.4 is 10.6 Å². The van der Waals surface area contributed by atoms with Crippen LogP contribution in [0.3, 0.4) is 0 Å². The zero-order valence-corrected chi connectivity index (χ0v) is 12.1. The second kappa shape index (κ2) is 6.51. The maximum absolute atomic E-state index is 12.9. The summed E-state index contributed by atoms with van der Waals surface area (Å²) in [6.07, 6.45) is 2.42. The molecule has 6 heteroatoms. The van der Waals surface area contributed by atoms with Crippen LogP contribution >= 0.6 is 0 Å². The SMILES string of the molecule is O=C(CNc1ccc(-c2ccc(F)cc2)nn1)NCC1CC1. The van der Waals surface area contributed by atoms with Crippen molar-refractivity contribution in [2.75, 3.05) is 18.4 Å². The number of anilines is 1. The summed E-state index contributed by atoms with van der Waals surface area (Å²) in [6.45, 7) is 0.937. The zero-order chi connectivity index (χ0) is 15.4. The Labute approximate surface area is 128 Å². The molecule has 114 valence electrons. The van der Waals surface area contributed by atoms with Gasteiger partial charge in [-0.05, 0) is 55.2 Å². The van der Waals surface area contributed by atoms with E-state index >= 15 is 0 Å². The third kappa shape index (κ3) is 4.00. The highest BCUT2D eigenvalue weighted by molar-refractivity contribution is 5.80. The van der Waals surface area contributed by atoms with Crippen LogP contribution in [0.2, 0.25) is 0 Å². The molecule has 2 aromatic rings. The topological polar surface area (TPSA) is 66.9 Å². The van der Waals surface area contributed by atoms with Crippen LogP contribution in [0.25, 0.3) is 11.3 Å². The highest BCUT2D eigenvalue weighted by atomic mass is 19.1. The maximum atomic E-state index is 12.9. The van der Waals surface area contributed by atoms with Crippen molar-refractivity contribution in [1.82, 2.24) is 15.5 Å². The van der Waals surface area contributed by atoms with E-state index < -0.39 is 0 Å². The van der Waals surface area contributed by atoms with Crippen LogP contribution in [0.4, 0.5) is 10.2 Å². The van der Waals surface area contributed by atoms with Gasteiger partial charge in [-0.15, -0.1) is 10.2 Å². The van der Waals surface area contributed by atoms with Crippen LogP contribution in [0.5, 0.6) is 0 Å². The van der Waals surface area contributed by atoms with Crippen molar-refractivity contribution >= 4 is 11.7 Å². The summed E-state index contributed by atoms with van der Waals surface area (Å²) in [5.41, 5.74) is 1.45. The number of halogens is 1. The van der Waals surface area contributed by atoms with Gasteiger partial charge >= 0.3 is 0 Å². The van der Waals surface area contributed by atoms with Gasteiger partial charge in [-0.25, -0.2) is 4.39 Å². The van der Waals surface area contributed by atoms with E-state index in [9.17, 15) is 9.18 Å². The van der Waals surface area contributed by atoms with Crippen molar-refractivity contribution in [3.05, 3.63) is 42.2 Å². The van der Waals surface area contributed by atoms with Gasteiger partial charge in [0.2, 0.25) is 5.91 Å². The lowest BCUT2D eigenvalue weighted by Crippen LogP contribution is -2.31. The standard InChI is InChI=1S/C16H17FN4O/c17-13-5-3-12(4-6-13)14-7-8-15(21-20-14)18-10-16(22)19-9-11-1-2-11/h3-8,11H,1-2,9-10H2,(H,18,21)(H,19,22). The molecule has 0 saturated heterocycles. The van der Waals surface area contributed by atoms with Gasteiger partial charge in [-0.3, -0.25) is 4.79 Å². The van der Waals surface area contributed by atoms with Gasteiger partial charge in [0.1, 0.15) is 11.6 Å². The van der Waals surface area contributed by atoms with Crippen LogP contribution in [0.15, 0.2) is 36.4 Å². The average Bonchev–Trinajstić information content (AvgIpc) is 3.37. The summed E-state index contributed by atoms with van der Waals surface area (Å²) < 4.78 is 12.9. The van der Waals surface area contributed by atoms with Gasteiger partial charge in [0.05, 0.1) is 12.2 Å². The minimum atomic E-state index is -0.285. The van der Waals surface area contributed by atoms with E-state index in [1.807, 2.05) is 0 Å². The third-order valence-electron chi connectivity index (χ3n) is 3.52. The smallest absolute Gasteiger partial charge is 0.239 e. The van der Waals surface area contributed by atoms with Gasteiger partial charge in [-0.2, -0.15) is 0 Å². The average molecular weight is 300 g/mol. The monoisotopic (exact) mass is 300 g/mol. The van der Waals surface area contributed by atoms with E-state index in [2.05, 4.69) is 20.8 Å². The predicted octanol–water partition coefficient (Wildman–Crippen LogP) is 2.22. The van der Waals surface area contributed by atoms with Crippen LogP contribution in [0, 0.1) is 11.7 Å². The molecular formula is C16H17FN4O. The molecule has 1 aliphatic carbocycles. The number of nitrogens with zero attached hydrogens (tertiary/aromatic N) is 2. The van der Waals surface area contributed by atoms with Gasteiger partial charge in [0.25, 0.3) is 0 Å². The Morgan fingerprint density at radius 1 is 1.14 bits per heavy atom. The molecule has 1 amide bonds. The molecular weight excluding hydrogens is 283 g/mol. The number of aromatic nitrogens is 2. The minimum absolute atomic E-state index is 0.0451. The molecule has 22 heavy (non-hydrogen) atoms. The van der Waals surface area contributed by atoms with Crippen molar-refractivity contribution in [3.63, 3.8) is 0 Å². The van der Waals surface area contributed by atoms with Crippen molar-refractivity contribution in [3.8, 4) is 11.3 Å². The number of hydrogen-bond donors (Lipinski definition) is 2. The molecule has 0 spiro atoms. The number of carbonyl (C=O) groups is 1. The Kier molecular flexibility index (Phi) is 4.27. The summed E-state index contributed by atoms with van der Waals surface area (Å²) in [4.78, 5) is 11.6. The molecule has 0 atom stereocenters. The molecule has 1 fully saturated rings. The Morgan fingerprint density at radius 3 is 2.55 bits per heavy atom. The summed E-state index contributed by atoms with van der Waals surface area (Å²) >= 11 is 0. The Bertz CT molecular complexity index is 638. The molecule has 5 nitrogen and oxygen atoms in total. The Morgan fingerprint density at radius 2 is 1.91 bits per heavy atom. The first kappa shape index (κ1) is 14.4. The van der Waals surface area contributed by atoms with Crippen molar-refractivity contribution in [2.45, 2.75) is 12.8 Å². The van der Waals surface area contributed by atoms with E-state index in [1.54, 1.807) is 24.3 Å². The number of nitrogens with one attached hydrogen (secondary N) is 2. The molecule has 0 bridgehead atoms. The minimum Gasteiger partial charge on any atom is -0.360 e. The lowest BCUT2D eigenvalue weighted by Gasteiger charge is -2.07. The van der Waals surface area contributed by atoms with Crippen molar-refractivity contribution < 1.29 is 9.18 Å². The fourth-order valence-electron chi connectivity index (χ4n) is 2.01. The predicted molar refractivity (Wildman–Crippen MR) is 81.6 cm³/mol. The summed E-state index contributed by atoms with van der Waals surface area (Å²) in [5.74, 6) is 0.870. The first-order valence-corrected chi connectivity index (χ1v) is 7.31. The summed E-state index contributed by atoms with van der Waals surface area (Å²) in [6, 6.07) is 9.60. The highest BCUT2D eigenvalue weighted by Crippen LogP contribution is 2.27. The number of carbonyl (C=O) groups excluding carboxylic acids is 1. The molecule has 0 radical (unpaired) electrons. The van der Waals surface area contributed by atoms with E-state index in [0.29, 0.717) is 17.4 Å². The van der Waals surface area contributed by atoms with Gasteiger partial charge < -0.3 is 10.6 Å². The van der Waals surface area contributed by atoms with E-state index in [1.165, 1.54) is 25.0 Å². The first-order valence-electron chi connectivity index (χ1n) is 7.31. The summed E-state index contributed by atoms with van der Waals surface area (Å²) in [7, 11) is 0. The van der Waals surface area contributed by atoms with Crippen molar-refractivity contribution in [2.24, 2.45) is 5.92 Å². The normalized spacial score (nSPS) is 13.7. The van der Waals surface area contributed by atoms with Gasteiger partial charge in [-0.1, -0.05) is 0 Å². The van der Waals surface area contributed by atoms with Crippen LogP contribution in [0.1, 0.15) is 12.8 Å². The molecule has 1 aliphatic rings. The molecule has 0 unspecified atom stereocenters. The highest BCUT2D eigenvalue weighted by Gasteiger charge is 2.21. The number of benzene rings is 1. The zero-order valence-electron chi connectivity index (χ0n) is 12.1. The Hall–Kier alpha value is -2.50. The molecule has 3 rings (SSSR count). The van der Waals surface area contributed by atoms with E-state index in [0.717, 1.165) is 12.1 Å². The second-order valence-electron chi connectivity index (χ2n) is 5.41. The first-order chi connectivity index (χ1) is 10.7. The quantitative estimate of drug-likeness (QED) is 0.858. The molecule has 1 saturated carbocycles. The third-order valence-corrected chi connectivity index (χ3v) is 3.52. The van der Waals surface area contributed by atoms with Crippen LogP contribution in [-0.2, 0) is 4.79 Å². The molecule has 1 aromatic carbocycles. The lowest BCUT2D eigenvalue weighted by molar-refractivity contribution is -0.119. The largest absolute Gasteiger partial charge is 0.360 e. The molecule has 1 heterocycles.